The summed E-state index contributed by atoms with van der Waals surface area (Å²) in [6.07, 6.45) is 3.97. The van der Waals surface area contributed by atoms with E-state index in [0.717, 1.165) is 12.8 Å². The average molecular weight is 183 g/mol. The highest BCUT2D eigenvalue weighted by Crippen LogP contribution is 2.40. The molecule has 0 radical (unpaired) electrons. The molecule has 1 aliphatic carbocycles. The molecule has 1 unspecified atom stereocenters. The highest BCUT2D eigenvalue weighted by atomic mass is 16.5. The Kier molecular flexibility index (Phi) is 3.09. The molecule has 0 amide bonds. The van der Waals surface area contributed by atoms with Crippen molar-refractivity contribution < 1.29 is 9.53 Å². The smallest absolute Gasteiger partial charge is 0.326 e. The molecule has 1 aliphatic rings. The van der Waals surface area contributed by atoms with E-state index in [-0.39, 0.29) is 5.97 Å². The first kappa shape index (κ1) is 10.3. The minimum absolute atomic E-state index is 0.170. The predicted molar refractivity (Wildman–Crippen MR) is 51.3 cm³/mol. The van der Waals surface area contributed by atoms with Gasteiger partial charge in [0, 0.05) is 6.54 Å². The summed E-state index contributed by atoms with van der Waals surface area (Å²) in [5.74, 6) is 0.261. The Balaban J connectivity index is 2.61. The lowest BCUT2D eigenvalue weighted by Gasteiger charge is -2.27. The Hall–Kier alpha value is -0.830. The molecule has 0 aliphatic heterocycles. The van der Waals surface area contributed by atoms with Gasteiger partial charge in [0.25, 0.3) is 0 Å². The van der Waals surface area contributed by atoms with E-state index in [9.17, 15) is 4.79 Å². The third-order valence-corrected chi connectivity index (χ3v) is 2.62. The van der Waals surface area contributed by atoms with Gasteiger partial charge in [0.05, 0.1) is 7.11 Å². The van der Waals surface area contributed by atoms with Crippen LogP contribution in [0.3, 0.4) is 0 Å². The summed E-state index contributed by atoms with van der Waals surface area (Å²) in [4.78, 5) is 11.5. The fraction of sp³-hybridized carbons (Fsp3) is 0.700. The minimum atomic E-state index is -0.511. The molecule has 1 rings (SSSR count). The summed E-state index contributed by atoms with van der Waals surface area (Å²) in [5, 5.41) is 3.17. The van der Waals surface area contributed by atoms with Gasteiger partial charge in [0.1, 0.15) is 5.54 Å². The summed E-state index contributed by atoms with van der Waals surface area (Å²) < 4.78 is 4.78. The first-order valence-corrected chi connectivity index (χ1v) is 4.59. The monoisotopic (exact) mass is 183 g/mol. The topological polar surface area (TPSA) is 38.3 Å². The normalized spacial score (nSPS) is 20.5. The molecule has 1 saturated carbocycles. The molecule has 3 nitrogen and oxygen atoms in total. The highest BCUT2D eigenvalue weighted by molar-refractivity contribution is 5.81. The van der Waals surface area contributed by atoms with Crippen molar-refractivity contribution in [1.29, 1.82) is 0 Å². The highest BCUT2D eigenvalue weighted by Gasteiger charge is 2.47. The van der Waals surface area contributed by atoms with E-state index in [2.05, 4.69) is 11.9 Å². The van der Waals surface area contributed by atoms with Crippen LogP contribution < -0.4 is 5.32 Å². The van der Waals surface area contributed by atoms with Gasteiger partial charge >= 0.3 is 5.97 Å². The maximum Gasteiger partial charge on any atom is 0.326 e. The minimum Gasteiger partial charge on any atom is -0.468 e. The van der Waals surface area contributed by atoms with Crippen LogP contribution in [0.2, 0.25) is 0 Å². The van der Waals surface area contributed by atoms with Crippen molar-refractivity contribution in [2.75, 3.05) is 13.7 Å². The van der Waals surface area contributed by atoms with Gasteiger partial charge in [-0.05, 0) is 25.7 Å². The van der Waals surface area contributed by atoms with Gasteiger partial charge < -0.3 is 4.74 Å². The van der Waals surface area contributed by atoms with Gasteiger partial charge in [-0.2, -0.15) is 0 Å². The second kappa shape index (κ2) is 3.92. The summed E-state index contributed by atoms with van der Waals surface area (Å²) >= 11 is 0. The number of hydrogen-bond donors (Lipinski definition) is 1. The summed E-state index contributed by atoms with van der Waals surface area (Å²) in [6, 6.07) is 0. The Bertz CT molecular complexity index is 211. The molecular formula is C10H17NO2. The van der Waals surface area contributed by atoms with Crippen molar-refractivity contribution in [2.24, 2.45) is 5.92 Å². The van der Waals surface area contributed by atoms with Crippen molar-refractivity contribution in [2.45, 2.75) is 25.3 Å². The number of carbonyl (C=O) groups excluding carboxylic acids is 1. The second-order valence-electron chi connectivity index (χ2n) is 3.64. The van der Waals surface area contributed by atoms with Crippen LogP contribution in [0.4, 0.5) is 0 Å². The predicted octanol–water partition coefficient (Wildman–Crippen LogP) is 1.10. The molecular weight excluding hydrogens is 166 g/mol. The van der Waals surface area contributed by atoms with Crippen LogP contribution in [0.5, 0.6) is 0 Å². The molecule has 3 heteroatoms. The van der Waals surface area contributed by atoms with Crippen LogP contribution in [-0.4, -0.2) is 25.2 Å². The lowest BCUT2D eigenvalue weighted by molar-refractivity contribution is -0.148. The molecule has 74 valence electrons. The Labute approximate surface area is 79.2 Å². The summed E-state index contributed by atoms with van der Waals surface area (Å²) in [7, 11) is 1.43. The van der Waals surface area contributed by atoms with Crippen LogP contribution in [0.1, 0.15) is 19.8 Å². The molecule has 0 aromatic carbocycles. The third kappa shape index (κ3) is 2.10. The molecule has 0 spiro atoms. The zero-order valence-corrected chi connectivity index (χ0v) is 8.30. The number of hydrogen-bond acceptors (Lipinski definition) is 3. The lowest BCUT2D eigenvalue weighted by atomic mass is 9.96. The number of ether oxygens (including phenoxy) is 1. The average Bonchev–Trinajstić information content (AvgIpc) is 2.96. The van der Waals surface area contributed by atoms with E-state index in [4.69, 9.17) is 4.74 Å². The van der Waals surface area contributed by atoms with Gasteiger partial charge in [-0.25, -0.2) is 0 Å². The number of rotatable bonds is 5. The van der Waals surface area contributed by atoms with E-state index >= 15 is 0 Å². The van der Waals surface area contributed by atoms with Crippen molar-refractivity contribution in [3.63, 3.8) is 0 Å². The Morgan fingerprint density at radius 1 is 1.77 bits per heavy atom. The lowest BCUT2D eigenvalue weighted by Crippen LogP contribution is -2.52. The maximum atomic E-state index is 11.5. The number of nitrogens with one attached hydrogen (secondary N) is 1. The molecule has 1 fully saturated rings. The number of methoxy groups -OCH3 is 1. The maximum absolute atomic E-state index is 11.5. The van der Waals surface area contributed by atoms with Crippen LogP contribution in [0, 0.1) is 5.92 Å². The number of esters is 1. The third-order valence-electron chi connectivity index (χ3n) is 2.62. The Morgan fingerprint density at radius 3 is 2.77 bits per heavy atom. The quantitative estimate of drug-likeness (QED) is 0.512. The molecule has 0 heterocycles. The van der Waals surface area contributed by atoms with Crippen molar-refractivity contribution in [3.05, 3.63) is 12.7 Å². The molecule has 1 N–H and O–H groups in total. The largest absolute Gasteiger partial charge is 0.468 e. The van der Waals surface area contributed by atoms with E-state index < -0.39 is 5.54 Å². The van der Waals surface area contributed by atoms with Gasteiger partial charge in [-0.1, -0.05) is 6.08 Å². The zero-order valence-electron chi connectivity index (χ0n) is 8.30. The summed E-state index contributed by atoms with van der Waals surface area (Å²) in [5.41, 5.74) is -0.511. The molecule has 13 heavy (non-hydrogen) atoms. The molecule has 0 saturated heterocycles. The van der Waals surface area contributed by atoms with Gasteiger partial charge in [-0.3, -0.25) is 10.1 Å². The van der Waals surface area contributed by atoms with Crippen molar-refractivity contribution in [3.8, 4) is 0 Å². The van der Waals surface area contributed by atoms with E-state index in [0.29, 0.717) is 12.5 Å². The second-order valence-corrected chi connectivity index (χ2v) is 3.64. The first-order chi connectivity index (χ1) is 6.15. The SMILES string of the molecule is C=CCNC(C)(C(=O)OC)C1CC1. The fourth-order valence-electron chi connectivity index (χ4n) is 1.54. The molecule has 0 aromatic rings. The van der Waals surface area contributed by atoms with E-state index in [1.807, 2.05) is 6.92 Å². The van der Waals surface area contributed by atoms with E-state index in [1.54, 1.807) is 6.08 Å². The van der Waals surface area contributed by atoms with E-state index in [1.165, 1.54) is 7.11 Å². The van der Waals surface area contributed by atoms with Crippen LogP contribution >= 0.6 is 0 Å². The van der Waals surface area contributed by atoms with Crippen molar-refractivity contribution in [1.82, 2.24) is 5.32 Å². The molecule has 0 bridgehead atoms. The fourth-order valence-corrected chi connectivity index (χ4v) is 1.54. The van der Waals surface area contributed by atoms with Crippen LogP contribution in [0.15, 0.2) is 12.7 Å². The van der Waals surface area contributed by atoms with Crippen molar-refractivity contribution >= 4 is 5.97 Å². The first-order valence-electron chi connectivity index (χ1n) is 4.59. The summed E-state index contributed by atoms with van der Waals surface area (Å²) in [6.45, 7) is 6.16. The van der Waals surface area contributed by atoms with Gasteiger partial charge in [0.15, 0.2) is 0 Å². The standard InChI is InChI=1S/C10H17NO2/c1-4-7-11-10(2,8-5-6-8)9(12)13-3/h4,8,11H,1,5-7H2,2-3H3. The molecule has 0 aromatic heterocycles. The molecule has 1 atom stereocenters. The number of carbonyl (C=O) groups is 1. The Morgan fingerprint density at radius 2 is 2.38 bits per heavy atom. The van der Waals surface area contributed by atoms with Gasteiger partial charge in [-0.15, -0.1) is 6.58 Å². The van der Waals surface area contributed by atoms with Crippen LogP contribution in [0.25, 0.3) is 0 Å². The van der Waals surface area contributed by atoms with Crippen LogP contribution in [-0.2, 0) is 9.53 Å². The zero-order chi connectivity index (χ0) is 9.90. The van der Waals surface area contributed by atoms with Gasteiger partial charge in [0.2, 0.25) is 0 Å².